The zero-order valence-corrected chi connectivity index (χ0v) is 25.4. The van der Waals surface area contributed by atoms with E-state index in [1.54, 1.807) is 28.9 Å². The molecule has 226 valence electrons. The van der Waals surface area contributed by atoms with Gasteiger partial charge in [-0.1, -0.05) is 32.1 Å². The minimum atomic E-state index is 0.00289. The smallest absolute Gasteiger partial charge is 0.230 e. The number of likely N-dealkylation sites (N-methyl/N-ethyl adjacent to an activating group) is 1. The Kier molecular flexibility index (Phi) is 9.63. The second-order valence-corrected chi connectivity index (χ2v) is 11.6. The van der Waals surface area contributed by atoms with Crippen LogP contribution >= 0.6 is 0 Å². The van der Waals surface area contributed by atoms with Crippen molar-refractivity contribution in [2.75, 3.05) is 43.9 Å². The van der Waals surface area contributed by atoms with Gasteiger partial charge in [0.2, 0.25) is 11.9 Å². The summed E-state index contributed by atoms with van der Waals surface area (Å²) in [6.07, 6.45) is 9.06. The van der Waals surface area contributed by atoms with Crippen LogP contribution in [0.2, 0.25) is 0 Å². The fourth-order valence-electron chi connectivity index (χ4n) is 4.93. The number of fused-ring (bicyclic) bond motifs is 1. The molecule has 4 aromatic rings. The summed E-state index contributed by atoms with van der Waals surface area (Å²) in [4.78, 5) is 30.7. The van der Waals surface area contributed by atoms with Crippen molar-refractivity contribution in [2.45, 2.75) is 51.6 Å². The van der Waals surface area contributed by atoms with Gasteiger partial charge in [0, 0.05) is 50.0 Å². The van der Waals surface area contributed by atoms with Crippen LogP contribution in [0.15, 0.2) is 60.9 Å². The summed E-state index contributed by atoms with van der Waals surface area (Å²) in [7, 11) is 3.92. The number of piperidine rings is 1. The second-order valence-electron chi connectivity index (χ2n) is 11.6. The molecule has 0 spiro atoms. The summed E-state index contributed by atoms with van der Waals surface area (Å²) in [5.74, 6) is 2.93. The van der Waals surface area contributed by atoms with Gasteiger partial charge in [-0.3, -0.25) is 9.78 Å². The topological polar surface area (TPSA) is 127 Å². The number of nitrogens with one attached hydrogen (secondary N) is 1. The number of carbonyl (C=O) groups excluding carboxylic acids is 1. The van der Waals surface area contributed by atoms with E-state index < -0.39 is 0 Å². The molecule has 0 radical (unpaired) electrons. The standard InChI is InChI=1S/C32H41N9O2/c1-22(2)29-21-36-41-30(29)37-32(40-15-11-24(33)12-16-40)38-31(41)35-20-23-7-5-9-27(17-23)43-28-10-13-34-25(19-28)18-26(42)8-6-14-39(3)4/h5-10,13,17,19,21-22,24H,11-12,14-16,18,20,33H2,1-4H3,(H,35,37,38)/b8-6+. The van der Waals surface area contributed by atoms with E-state index in [4.69, 9.17) is 20.4 Å². The maximum atomic E-state index is 12.3. The molecule has 1 fully saturated rings. The number of benzene rings is 1. The lowest BCUT2D eigenvalue weighted by Crippen LogP contribution is -2.40. The highest BCUT2D eigenvalue weighted by Crippen LogP contribution is 2.26. The molecular formula is C32H41N9O2. The molecule has 1 aliphatic heterocycles. The highest BCUT2D eigenvalue weighted by molar-refractivity contribution is 5.91. The average Bonchev–Trinajstić information content (AvgIpc) is 3.41. The molecule has 3 aromatic heterocycles. The Labute approximate surface area is 252 Å². The SMILES string of the molecule is CC(C)c1cnn2c(NCc3cccc(Oc4ccnc(CC(=O)/C=C/CN(C)C)c4)c3)nc(N3CCC(N)CC3)nc12. The van der Waals surface area contributed by atoms with Gasteiger partial charge in [0.25, 0.3) is 0 Å². The Morgan fingerprint density at radius 3 is 2.72 bits per heavy atom. The number of ether oxygens (including phenoxy) is 1. The number of aromatic nitrogens is 5. The fraction of sp³-hybridized carbons (Fsp3) is 0.406. The van der Waals surface area contributed by atoms with Gasteiger partial charge < -0.3 is 25.6 Å². The summed E-state index contributed by atoms with van der Waals surface area (Å²) < 4.78 is 7.93. The van der Waals surface area contributed by atoms with Gasteiger partial charge in [0.1, 0.15) is 11.5 Å². The minimum Gasteiger partial charge on any atom is -0.457 e. The molecule has 11 nitrogen and oxygen atoms in total. The van der Waals surface area contributed by atoms with Crippen molar-refractivity contribution < 1.29 is 9.53 Å². The first-order valence-corrected chi connectivity index (χ1v) is 14.8. The Morgan fingerprint density at radius 2 is 1.95 bits per heavy atom. The number of carbonyl (C=O) groups is 1. The van der Waals surface area contributed by atoms with Crippen molar-refractivity contribution in [3.05, 3.63) is 77.8 Å². The maximum Gasteiger partial charge on any atom is 0.230 e. The van der Waals surface area contributed by atoms with E-state index in [0.29, 0.717) is 42.2 Å². The molecular weight excluding hydrogens is 542 g/mol. The van der Waals surface area contributed by atoms with Crippen LogP contribution in [0.25, 0.3) is 5.65 Å². The first-order valence-electron chi connectivity index (χ1n) is 14.8. The van der Waals surface area contributed by atoms with Crippen molar-refractivity contribution in [1.82, 2.24) is 29.5 Å². The van der Waals surface area contributed by atoms with Crippen molar-refractivity contribution in [1.29, 1.82) is 0 Å². The van der Waals surface area contributed by atoms with Crippen LogP contribution < -0.4 is 20.7 Å². The first kappa shape index (κ1) is 30.1. The molecule has 0 aliphatic carbocycles. The maximum absolute atomic E-state index is 12.3. The molecule has 0 saturated carbocycles. The number of nitrogens with two attached hydrogens (primary N) is 1. The lowest BCUT2D eigenvalue weighted by Gasteiger charge is -2.30. The highest BCUT2D eigenvalue weighted by Gasteiger charge is 2.22. The monoisotopic (exact) mass is 583 g/mol. The number of hydrogen-bond donors (Lipinski definition) is 2. The summed E-state index contributed by atoms with van der Waals surface area (Å²) in [6.45, 7) is 7.18. The van der Waals surface area contributed by atoms with E-state index in [0.717, 1.165) is 42.7 Å². The molecule has 4 heterocycles. The number of allylic oxidation sites excluding steroid dienone is 1. The molecule has 43 heavy (non-hydrogen) atoms. The number of pyridine rings is 1. The number of hydrogen-bond acceptors (Lipinski definition) is 10. The van der Waals surface area contributed by atoms with Crippen LogP contribution in [-0.4, -0.2) is 75.0 Å². The zero-order valence-electron chi connectivity index (χ0n) is 25.4. The van der Waals surface area contributed by atoms with Gasteiger partial charge in [-0.2, -0.15) is 19.6 Å². The zero-order chi connectivity index (χ0) is 30.3. The molecule has 3 N–H and O–H groups in total. The van der Waals surface area contributed by atoms with Crippen LogP contribution in [0, 0.1) is 0 Å². The lowest BCUT2D eigenvalue weighted by molar-refractivity contribution is -0.114. The molecule has 0 atom stereocenters. The molecule has 0 bridgehead atoms. The Hall–Kier alpha value is -4.35. The van der Waals surface area contributed by atoms with Crippen molar-refractivity contribution >= 4 is 23.3 Å². The van der Waals surface area contributed by atoms with Crippen LogP contribution in [-0.2, 0) is 17.8 Å². The first-order chi connectivity index (χ1) is 20.7. The van der Waals surface area contributed by atoms with E-state index in [9.17, 15) is 4.79 Å². The third kappa shape index (κ3) is 7.94. The Bertz CT molecular complexity index is 1570. The molecule has 1 saturated heterocycles. The van der Waals surface area contributed by atoms with Gasteiger partial charge in [-0.15, -0.1) is 0 Å². The molecule has 11 heteroatoms. The van der Waals surface area contributed by atoms with E-state index in [-0.39, 0.29) is 24.2 Å². The van der Waals surface area contributed by atoms with E-state index >= 15 is 0 Å². The van der Waals surface area contributed by atoms with Gasteiger partial charge in [-0.05, 0) is 62.7 Å². The predicted molar refractivity (Wildman–Crippen MR) is 169 cm³/mol. The van der Waals surface area contributed by atoms with Crippen molar-refractivity contribution in [3.63, 3.8) is 0 Å². The number of rotatable bonds is 12. The summed E-state index contributed by atoms with van der Waals surface area (Å²) >= 11 is 0. The third-order valence-corrected chi connectivity index (χ3v) is 7.33. The summed E-state index contributed by atoms with van der Waals surface area (Å²) in [5.41, 5.74) is 9.71. The summed E-state index contributed by atoms with van der Waals surface area (Å²) in [5, 5.41) is 8.08. The summed E-state index contributed by atoms with van der Waals surface area (Å²) in [6, 6.07) is 11.7. The highest BCUT2D eigenvalue weighted by atomic mass is 16.5. The normalized spacial score (nSPS) is 14.3. The molecule has 5 rings (SSSR count). The Balaban J connectivity index is 1.29. The molecule has 0 amide bonds. The number of nitrogens with zero attached hydrogens (tertiary/aromatic N) is 7. The van der Waals surface area contributed by atoms with Crippen LogP contribution in [0.1, 0.15) is 49.4 Å². The van der Waals surface area contributed by atoms with Crippen LogP contribution in [0.3, 0.4) is 0 Å². The average molecular weight is 584 g/mol. The number of anilines is 2. The van der Waals surface area contributed by atoms with Crippen molar-refractivity contribution in [2.24, 2.45) is 5.73 Å². The molecule has 1 aromatic carbocycles. The number of ketones is 1. The largest absolute Gasteiger partial charge is 0.457 e. The molecule has 1 aliphatic rings. The van der Waals surface area contributed by atoms with E-state index in [2.05, 4.69) is 34.1 Å². The van der Waals surface area contributed by atoms with Crippen molar-refractivity contribution in [3.8, 4) is 11.5 Å². The van der Waals surface area contributed by atoms with Crippen LogP contribution in [0.4, 0.5) is 11.9 Å². The van der Waals surface area contributed by atoms with E-state index in [1.807, 2.05) is 55.5 Å². The van der Waals surface area contributed by atoms with Gasteiger partial charge in [0.05, 0.1) is 18.3 Å². The third-order valence-electron chi connectivity index (χ3n) is 7.33. The lowest BCUT2D eigenvalue weighted by atomic mass is 10.1. The predicted octanol–water partition coefficient (Wildman–Crippen LogP) is 4.20. The quantitative estimate of drug-likeness (QED) is 0.234. The molecule has 0 unspecified atom stereocenters. The van der Waals surface area contributed by atoms with Gasteiger partial charge in [-0.25, -0.2) is 0 Å². The van der Waals surface area contributed by atoms with Gasteiger partial charge in [0.15, 0.2) is 11.4 Å². The van der Waals surface area contributed by atoms with Crippen LogP contribution in [0.5, 0.6) is 11.5 Å². The van der Waals surface area contributed by atoms with E-state index in [1.165, 1.54) is 0 Å². The minimum absolute atomic E-state index is 0.00289. The Morgan fingerprint density at radius 1 is 1.16 bits per heavy atom. The second kappa shape index (κ2) is 13.7. The van der Waals surface area contributed by atoms with Gasteiger partial charge >= 0.3 is 0 Å². The fourth-order valence-corrected chi connectivity index (χ4v) is 4.93.